The third-order valence-corrected chi connectivity index (χ3v) is 7.80. The topological polar surface area (TPSA) is 49.4 Å². The molecule has 1 aromatic rings. The second-order valence-electron chi connectivity index (χ2n) is 4.42. The van der Waals surface area contributed by atoms with Gasteiger partial charge < -0.3 is 5.32 Å². The molecule has 1 N–H and O–H groups in total. The van der Waals surface area contributed by atoms with E-state index in [1.165, 1.54) is 6.07 Å². The third kappa shape index (κ3) is 2.76. The normalized spacial score (nSPS) is 26.4. The van der Waals surface area contributed by atoms with E-state index < -0.39 is 10.0 Å². The van der Waals surface area contributed by atoms with Crippen LogP contribution in [-0.4, -0.2) is 37.9 Å². The Balaban J connectivity index is 2.35. The van der Waals surface area contributed by atoms with Crippen LogP contribution in [0.1, 0.15) is 13.8 Å². The molecule has 8 heteroatoms. The molecule has 2 unspecified atom stereocenters. The summed E-state index contributed by atoms with van der Waals surface area (Å²) >= 11 is 10.3. The summed E-state index contributed by atoms with van der Waals surface area (Å²) in [7, 11) is -3.45. The van der Waals surface area contributed by atoms with Crippen molar-refractivity contribution in [3.63, 3.8) is 0 Å². The molecule has 2 heterocycles. The molecule has 18 heavy (non-hydrogen) atoms. The summed E-state index contributed by atoms with van der Waals surface area (Å²) in [5.41, 5.74) is 0. The van der Waals surface area contributed by atoms with Gasteiger partial charge in [-0.05, 0) is 35.8 Å². The summed E-state index contributed by atoms with van der Waals surface area (Å²) in [6.07, 6.45) is 0. The van der Waals surface area contributed by atoms with Gasteiger partial charge in [0.1, 0.15) is 4.21 Å². The maximum Gasteiger partial charge on any atom is 0.252 e. The largest absolute Gasteiger partial charge is 0.311 e. The van der Waals surface area contributed by atoms with Crippen molar-refractivity contribution in [1.29, 1.82) is 0 Å². The van der Waals surface area contributed by atoms with Gasteiger partial charge in [0.05, 0.1) is 8.81 Å². The minimum absolute atomic E-state index is 0.0501. The Morgan fingerprint density at radius 1 is 1.56 bits per heavy atom. The second-order valence-corrected chi connectivity index (χ2v) is 9.31. The standard InChI is InChI=1S/C10H14BrClN2O2S2/c1-6-5-14(7(2)4-13-6)18(15,16)9-3-8(12)10(11)17-9/h3,6-7,13H,4-5H2,1-2H3. The average Bonchev–Trinajstić information content (AvgIpc) is 2.63. The average molecular weight is 374 g/mol. The van der Waals surface area contributed by atoms with E-state index in [1.54, 1.807) is 4.31 Å². The Labute approximate surface area is 124 Å². The van der Waals surface area contributed by atoms with Crippen molar-refractivity contribution in [3.05, 3.63) is 14.9 Å². The second kappa shape index (κ2) is 5.38. The lowest BCUT2D eigenvalue weighted by Gasteiger charge is -2.36. The van der Waals surface area contributed by atoms with E-state index in [9.17, 15) is 8.42 Å². The number of nitrogens with one attached hydrogen (secondary N) is 1. The van der Waals surface area contributed by atoms with Crippen LogP contribution in [0.5, 0.6) is 0 Å². The lowest BCUT2D eigenvalue weighted by Crippen LogP contribution is -2.55. The summed E-state index contributed by atoms with van der Waals surface area (Å²) in [5.74, 6) is 0. The fourth-order valence-corrected chi connectivity index (χ4v) is 6.14. The molecule has 102 valence electrons. The number of piperazine rings is 1. The molecule has 1 aliphatic heterocycles. The maximum atomic E-state index is 12.5. The van der Waals surface area contributed by atoms with Crippen molar-refractivity contribution in [2.45, 2.75) is 30.1 Å². The molecule has 1 fully saturated rings. The minimum Gasteiger partial charge on any atom is -0.311 e. The molecule has 0 amide bonds. The van der Waals surface area contributed by atoms with Gasteiger partial charge in [-0.2, -0.15) is 4.31 Å². The van der Waals surface area contributed by atoms with Crippen molar-refractivity contribution in [2.24, 2.45) is 0 Å². The highest BCUT2D eigenvalue weighted by molar-refractivity contribution is 9.11. The van der Waals surface area contributed by atoms with Crippen molar-refractivity contribution in [1.82, 2.24) is 9.62 Å². The van der Waals surface area contributed by atoms with Crippen molar-refractivity contribution >= 4 is 48.9 Å². The van der Waals surface area contributed by atoms with Gasteiger partial charge in [0.2, 0.25) is 0 Å². The molecular weight excluding hydrogens is 360 g/mol. The SMILES string of the molecule is CC1CN(S(=O)(=O)c2cc(Cl)c(Br)s2)C(C)CN1. The van der Waals surface area contributed by atoms with Gasteiger partial charge in [-0.15, -0.1) is 11.3 Å². The number of rotatable bonds is 2. The molecule has 0 bridgehead atoms. The lowest BCUT2D eigenvalue weighted by molar-refractivity contribution is 0.245. The highest BCUT2D eigenvalue weighted by Crippen LogP contribution is 2.36. The van der Waals surface area contributed by atoms with Gasteiger partial charge in [0.15, 0.2) is 0 Å². The number of sulfonamides is 1. The van der Waals surface area contributed by atoms with Gasteiger partial charge >= 0.3 is 0 Å². The first kappa shape index (κ1) is 14.7. The molecule has 2 rings (SSSR count). The molecule has 0 saturated carbocycles. The Bertz CT molecular complexity index is 527. The molecule has 1 saturated heterocycles. The van der Waals surface area contributed by atoms with Gasteiger partial charge in [-0.1, -0.05) is 11.6 Å². The summed E-state index contributed by atoms with van der Waals surface area (Å²) in [6, 6.07) is 1.62. The van der Waals surface area contributed by atoms with E-state index in [1.807, 2.05) is 13.8 Å². The van der Waals surface area contributed by atoms with E-state index in [2.05, 4.69) is 21.2 Å². The number of halogens is 2. The first-order chi connectivity index (χ1) is 8.32. The van der Waals surface area contributed by atoms with E-state index in [0.29, 0.717) is 26.1 Å². The predicted octanol–water partition coefficient (Wildman–Crippen LogP) is 2.53. The van der Waals surface area contributed by atoms with Crippen LogP contribution in [0.4, 0.5) is 0 Å². The third-order valence-electron chi connectivity index (χ3n) is 2.89. The Kier molecular flexibility index (Phi) is 4.40. The Hall–Kier alpha value is 0.340. The zero-order valence-electron chi connectivity index (χ0n) is 9.98. The molecule has 0 spiro atoms. The number of hydrogen-bond acceptors (Lipinski definition) is 4. The number of nitrogens with zero attached hydrogens (tertiary/aromatic N) is 1. The molecule has 2 atom stereocenters. The van der Waals surface area contributed by atoms with E-state index in [-0.39, 0.29) is 12.1 Å². The van der Waals surface area contributed by atoms with Crippen LogP contribution in [0, 0.1) is 0 Å². The van der Waals surface area contributed by atoms with E-state index >= 15 is 0 Å². The van der Waals surface area contributed by atoms with Crippen LogP contribution >= 0.6 is 38.9 Å². The molecule has 4 nitrogen and oxygen atoms in total. The molecule has 0 radical (unpaired) electrons. The van der Waals surface area contributed by atoms with Crippen LogP contribution in [0.25, 0.3) is 0 Å². The Morgan fingerprint density at radius 2 is 2.22 bits per heavy atom. The zero-order chi connectivity index (χ0) is 13.5. The lowest BCUT2D eigenvalue weighted by atomic mass is 10.2. The summed E-state index contributed by atoms with van der Waals surface area (Å²) in [5, 5.41) is 3.70. The summed E-state index contributed by atoms with van der Waals surface area (Å²) in [4.78, 5) is 0. The smallest absolute Gasteiger partial charge is 0.252 e. The number of thiophene rings is 1. The monoisotopic (exact) mass is 372 g/mol. The van der Waals surface area contributed by atoms with Crippen LogP contribution in [0.15, 0.2) is 14.1 Å². The first-order valence-corrected chi connectivity index (χ1v) is 8.95. The highest BCUT2D eigenvalue weighted by Gasteiger charge is 2.34. The fourth-order valence-electron chi connectivity index (χ4n) is 1.89. The predicted molar refractivity (Wildman–Crippen MR) is 77.8 cm³/mol. The van der Waals surface area contributed by atoms with Crippen molar-refractivity contribution in [3.8, 4) is 0 Å². The van der Waals surface area contributed by atoms with Crippen LogP contribution in [0.3, 0.4) is 0 Å². The molecule has 1 aliphatic rings. The number of hydrogen-bond donors (Lipinski definition) is 1. The quantitative estimate of drug-likeness (QED) is 0.866. The van der Waals surface area contributed by atoms with E-state index in [0.717, 1.165) is 11.3 Å². The molecule has 0 aromatic carbocycles. The maximum absolute atomic E-state index is 12.5. The van der Waals surface area contributed by atoms with Gasteiger partial charge in [0, 0.05) is 25.2 Å². The molecule has 1 aromatic heterocycles. The first-order valence-electron chi connectivity index (χ1n) is 5.52. The Morgan fingerprint density at radius 3 is 2.78 bits per heavy atom. The minimum atomic E-state index is -3.45. The van der Waals surface area contributed by atoms with Crippen LogP contribution < -0.4 is 5.32 Å². The highest BCUT2D eigenvalue weighted by atomic mass is 79.9. The van der Waals surface area contributed by atoms with Gasteiger partial charge in [0.25, 0.3) is 10.0 Å². The summed E-state index contributed by atoms with van der Waals surface area (Å²) < 4.78 is 27.6. The molecule has 0 aliphatic carbocycles. The van der Waals surface area contributed by atoms with Crippen LogP contribution in [-0.2, 0) is 10.0 Å². The zero-order valence-corrected chi connectivity index (χ0v) is 14.0. The van der Waals surface area contributed by atoms with Gasteiger partial charge in [-0.3, -0.25) is 0 Å². The fraction of sp³-hybridized carbons (Fsp3) is 0.600. The van der Waals surface area contributed by atoms with Crippen molar-refractivity contribution < 1.29 is 8.42 Å². The van der Waals surface area contributed by atoms with Gasteiger partial charge in [-0.25, -0.2) is 8.42 Å². The molecular formula is C10H14BrClN2O2S2. The van der Waals surface area contributed by atoms with Crippen molar-refractivity contribution in [2.75, 3.05) is 13.1 Å². The van der Waals surface area contributed by atoms with E-state index in [4.69, 9.17) is 11.6 Å². The summed E-state index contributed by atoms with van der Waals surface area (Å²) in [6.45, 7) is 5.03. The van der Waals surface area contributed by atoms with Crippen LogP contribution in [0.2, 0.25) is 5.02 Å².